The van der Waals surface area contributed by atoms with Crippen LogP contribution in [0.1, 0.15) is 29.8 Å². The molecule has 2 aliphatic rings. The van der Waals surface area contributed by atoms with Gasteiger partial charge in [0.15, 0.2) is 5.69 Å². The number of nitrogens with one attached hydrogen (secondary N) is 1. The van der Waals surface area contributed by atoms with Crippen LogP contribution >= 0.6 is 12.4 Å². The summed E-state index contributed by atoms with van der Waals surface area (Å²) in [5.74, 6) is -0.0847. The number of rotatable bonds is 3. The topological polar surface area (TPSA) is 93.3 Å². The number of hydrogen-bond acceptors (Lipinski definition) is 5. The maximum absolute atomic E-state index is 12.8. The minimum Gasteiger partial charge on any atom is -0.336 e. The smallest absolute Gasteiger partial charge is 0.274 e. The van der Waals surface area contributed by atoms with Crippen LogP contribution in [0.2, 0.25) is 0 Å². The van der Waals surface area contributed by atoms with Crippen molar-refractivity contribution in [2.45, 2.75) is 31.3 Å². The lowest BCUT2D eigenvalue weighted by Crippen LogP contribution is -2.39. The van der Waals surface area contributed by atoms with Gasteiger partial charge in [-0.25, -0.2) is 4.68 Å². The molecule has 1 amide bonds. The van der Waals surface area contributed by atoms with Crippen LogP contribution in [-0.2, 0) is 0 Å². The van der Waals surface area contributed by atoms with Gasteiger partial charge in [0.25, 0.3) is 11.6 Å². The number of amides is 1. The van der Waals surface area contributed by atoms with Gasteiger partial charge in [-0.3, -0.25) is 14.9 Å². The molecule has 9 heteroatoms. The van der Waals surface area contributed by atoms with Gasteiger partial charge in [-0.1, -0.05) is 6.07 Å². The predicted molar refractivity (Wildman–Crippen MR) is 97.9 cm³/mol. The number of carbonyl (C=O) groups is 1. The Morgan fingerprint density at radius 3 is 2.85 bits per heavy atom. The van der Waals surface area contributed by atoms with E-state index in [0.29, 0.717) is 30.0 Å². The molecule has 1 aromatic carbocycles. The van der Waals surface area contributed by atoms with Gasteiger partial charge in [0.2, 0.25) is 0 Å². The number of carbonyl (C=O) groups excluding carboxylic acids is 1. The first-order valence-corrected chi connectivity index (χ1v) is 8.46. The van der Waals surface area contributed by atoms with E-state index >= 15 is 0 Å². The molecule has 2 aromatic rings. The van der Waals surface area contributed by atoms with Crippen molar-refractivity contribution in [1.29, 1.82) is 0 Å². The highest BCUT2D eigenvalue weighted by Gasteiger charge is 2.32. The lowest BCUT2D eigenvalue weighted by atomic mass is 10.1. The van der Waals surface area contributed by atoms with Gasteiger partial charge < -0.3 is 10.2 Å². The average molecular weight is 378 g/mol. The minimum atomic E-state index is -0.446. The Bertz CT molecular complexity index is 824. The summed E-state index contributed by atoms with van der Waals surface area (Å²) in [5.41, 5.74) is 0.921. The molecule has 0 saturated carbocycles. The number of nitrogens with zero attached hydrogens (tertiary/aromatic N) is 4. The molecule has 3 heterocycles. The van der Waals surface area contributed by atoms with Crippen molar-refractivity contribution in [3.8, 4) is 5.69 Å². The highest BCUT2D eigenvalue weighted by molar-refractivity contribution is 5.92. The van der Waals surface area contributed by atoms with Gasteiger partial charge in [-0.15, -0.1) is 12.4 Å². The van der Waals surface area contributed by atoms with E-state index in [1.54, 1.807) is 24.4 Å². The molecule has 2 saturated heterocycles. The van der Waals surface area contributed by atoms with Crippen molar-refractivity contribution in [3.63, 3.8) is 0 Å². The molecule has 2 aliphatic heterocycles. The van der Waals surface area contributed by atoms with Crippen LogP contribution in [0.3, 0.4) is 0 Å². The zero-order valence-electron chi connectivity index (χ0n) is 14.1. The summed E-state index contributed by atoms with van der Waals surface area (Å²) in [6.45, 7) is 1.44. The summed E-state index contributed by atoms with van der Waals surface area (Å²) in [4.78, 5) is 25.1. The van der Waals surface area contributed by atoms with Crippen LogP contribution in [0.4, 0.5) is 5.69 Å². The molecule has 1 N–H and O–H groups in total. The molecule has 2 fully saturated rings. The van der Waals surface area contributed by atoms with Crippen LogP contribution < -0.4 is 5.32 Å². The van der Waals surface area contributed by atoms with E-state index in [4.69, 9.17) is 0 Å². The second-order valence-electron chi connectivity index (χ2n) is 6.60. The molecule has 2 unspecified atom stereocenters. The maximum atomic E-state index is 12.8. The molecular formula is C17H20ClN5O3. The third kappa shape index (κ3) is 3.56. The van der Waals surface area contributed by atoms with Crippen LogP contribution in [0.25, 0.3) is 5.69 Å². The summed E-state index contributed by atoms with van der Waals surface area (Å²) in [6.07, 6.45) is 4.92. The highest BCUT2D eigenvalue weighted by atomic mass is 35.5. The van der Waals surface area contributed by atoms with Gasteiger partial charge in [-0.05, 0) is 31.4 Å². The van der Waals surface area contributed by atoms with Crippen molar-refractivity contribution in [1.82, 2.24) is 20.0 Å². The first-order chi connectivity index (χ1) is 12.1. The molecule has 4 rings (SSSR count). The fraction of sp³-hybridized carbons (Fsp3) is 0.412. The van der Waals surface area contributed by atoms with E-state index in [1.165, 1.54) is 23.2 Å². The second-order valence-corrected chi connectivity index (χ2v) is 6.60. The van der Waals surface area contributed by atoms with Gasteiger partial charge in [0.05, 0.1) is 10.6 Å². The van der Waals surface area contributed by atoms with Crippen molar-refractivity contribution < 1.29 is 9.72 Å². The number of nitro groups is 1. The van der Waals surface area contributed by atoms with Gasteiger partial charge in [-0.2, -0.15) is 5.10 Å². The summed E-state index contributed by atoms with van der Waals surface area (Å²) >= 11 is 0. The molecule has 2 atom stereocenters. The number of nitro benzene ring substituents is 1. The number of aromatic nitrogens is 2. The molecule has 0 radical (unpaired) electrons. The number of fused-ring (bicyclic) bond motifs is 2. The standard InChI is InChI=1S/C17H19N5O3.ClH/c23-17(20-8-6-12-4-5-13(11-20)18-12)16-7-9-21(19-16)14-2-1-3-15(10-14)22(24)25;/h1-3,7,9-10,12-13,18H,4-6,8,11H2;1H. The Morgan fingerprint density at radius 1 is 1.23 bits per heavy atom. The Kier molecular flexibility index (Phi) is 5.24. The SMILES string of the molecule is Cl.O=C(c1ccn(-c2cccc([N+](=O)[O-])c2)n1)N1CCC2CCC(C1)N2. The van der Waals surface area contributed by atoms with E-state index in [2.05, 4.69) is 10.4 Å². The number of halogens is 1. The summed E-state index contributed by atoms with van der Waals surface area (Å²) < 4.78 is 1.50. The molecule has 2 bridgehead atoms. The lowest BCUT2D eigenvalue weighted by Gasteiger charge is -2.23. The number of likely N-dealkylation sites (tertiary alicyclic amines) is 1. The van der Waals surface area contributed by atoms with E-state index in [0.717, 1.165) is 19.4 Å². The summed E-state index contributed by atoms with van der Waals surface area (Å²) in [7, 11) is 0. The third-order valence-corrected chi connectivity index (χ3v) is 4.92. The van der Waals surface area contributed by atoms with Crippen molar-refractivity contribution in [2.75, 3.05) is 13.1 Å². The van der Waals surface area contributed by atoms with Gasteiger partial charge in [0.1, 0.15) is 0 Å². The largest absolute Gasteiger partial charge is 0.336 e. The molecule has 1 aromatic heterocycles. The molecule has 26 heavy (non-hydrogen) atoms. The molecule has 8 nitrogen and oxygen atoms in total. The van der Waals surface area contributed by atoms with E-state index in [1.807, 2.05) is 4.90 Å². The first kappa shape index (κ1) is 18.3. The first-order valence-electron chi connectivity index (χ1n) is 8.46. The fourth-order valence-electron chi connectivity index (χ4n) is 3.62. The Hall–Kier alpha value is -2.45. The Balaban J connectivity index is 0.00000196. The summed E-state index contributed by atoms with van der Waals surface area (Å²) in [6, 6.07) is 8.75. The van der Waals surface area contributed by atoms with Crippen LogP contribution in [-0.4, -0.2) is 50.7 Å². The van der Waals surface area contributed by atoms with Crippen molar-refractivity contribution >= 4 is 24.0 Å². The average Bonchev–Trinajstić information content (AvgIpc) is 3.21. The highest BCUT2D eigenvalue weighted by Crippen LogP contribution is 2.22. The zero-order chi connectivity index (χ0) is 17.4. The molecule has 138 valence electrons. The Morgan fingerprint density at radius 2 is 2.04 bits per heavy atom. The monoisotopic (exact) mass is 377 g/mol. The summed E-state index contributed by atoms with van der Waals surface area (Å²) in [5, 5.41) is 18.8. The normalized spacial score (nSPS) is 21.8. The van der Waals surface area contributed by atoms with Crippen LogP contribution in [0.15, 0.2) is 36.5 Å². The molecule has 0 spiro atoms. The lowest BCUT2D eigenvalue weighted by molar-refractivity contribution is -0.384. The maximum Gasteiger partial charge on any atom is 0.274 e. The van der Waals surface area contributed by atoms with Gasteiger partial charge >= 0.3 is 0 Å². The predicted octanol–water partition coefficient (Wildman–Crippen LogP) is 2.17. The van der Waals surface area contributed by atoms with E-state index in [-0.39, 0.29) is 24.0 Å². The van der Waals surface area contributed by atoms with Gasteiger partial charge in [0, 0.05) is 43.5 Å². The number of benzene rings is 1. The number of non-ortho nitro benzene ring substituents is 1. The molecular weight excluding hydrogens is 358 g/mol. The number of hydrogen-bond donors (Lipinski definition) is 1. The van der Waals surface area contributed by atoms with Crippen LogP contribution in [0.5, 0.6) is 0 Å². The second kappa shape index (κ2) is 7.43. The fourth-order valence-corrected chi connectivity index (χ4v) is 3.62. The minimum absolute atomic E-state index is 0. The Labute approximate surface area is 156 Å². The van der Waals surface area contributed by atoms with Crippen LogP contribution in [0, 0.1) is 10.1 Å². The van der Waals surface area contributed by atoms with E-state index < -0.39 is 4.92 Å². The zero-order valence-corrected chi connectivity index (χ0v) is 14.9. The third-order valence-electron chi connectivity index (χ3n) is 4.92. The van der Waals surface area contributed by atoms with Crippen molar-refractivity contribution in [3.05, 3.63) is 52.3 Å². The van der Waals surface area contributed by atoms with Crippen molar-refractivity contribution in [2.24, 2.45) is 0 Å². The quantitative estimate of drug-likeness (QED) is 0.653. The van der Waals surface area contributed by atoms with E-state index in [9.17, 15) is 14.9 Å². The molecule has 0 aliphatic carbocycles.